The average molecular weight is 443 g/mol. The molecule has 0 heterocycles. The number of carbonyl (C=O) groups is 1. The lowest BCUT2D eigenvalue weighted by Crippen LogP contribution is -2.40. The minimum Gasteiger partial charge on any atom is -0.351 e. The summed E-state index contributed by atoms with van der Waals surface area (Å²) < 4.78 is 27.7. The molecule has 0 unspecified atom stereocenters. The molecule has 0 saturated heterocycles. The number of nitrogens with zero attached hydrogens (tertiary/aromatic N) is 1. The lowest BCUT2D eigenvalue weighted by molar-refractivity contribution is -0.121. The third-order valence-corrected chi connectivity index (χ3v) is 6.60. The van der Waals surface area contributed by atoms with Crippen LogP contribution in [-0.2, 0) is 27.9 Å². The third-order valence-electron chi connectivity index (χ3n) is 4.56. The maximum Gasteiger partial charge on any atom is 0.243 e. The van der Waals surface area contributed by atoms with E-state index >= 15 is 0 Å². The van der Waals surface area contributed by atoms with E-state index in [9.17, 15) is 13.2 Å². The maximum atomic E-state index is 13.3. The predicted octanol–water partition coefficient (Wildman–Crippen LogP) is 4.16. The van der Waals surface area contributed by atoms with E-state index in [1.165, 1.54) is 4.31 Å². The number of rotatable bonds is 8. The van der Waals surface area contributed by atoms with Crippen LogP contribution in [0.1, 0.15) is 16.7 Å². The molecular weight excluding hydrogens is 420 g/mol. The van der Waals surface area contributed by atoms with E-state index in [0.717, 1.165) is 11.1 Å². The standard InChI is InChI=1S/C23H23ClN2O3S/c1-18-10-12-22(13-11-18)30(28,29)26(16-20-8-5-9-21(24)14-20)17-23(27)25-15-19-6-3-2-4-7-19/h2-14H,15-17H2,1H3,(H,25,27). The molecule has 0 fully saturated rings. The summed E-state index contributed by atoms with van der Waals surface area (Å²) in [5, 5.41) is 3.30. The average Bonchev–Trinajstić information content (AvgIpc) is 2.73. The van der Waals surface area contributed by atoms with Gasteiger partial charge in [-0.2, -0.15) is 4.31 Å². The zero-order valence-corrected chi connectivity index (χ0v) is 18.2. The van der Waals surface area contributed by atoms with Crippen molar-refractivity contribution in [2.75, 3.05) is 6.54 Å². The number of benzene rings is 3. The van der Waals surface area contributed by atoms with Crippen molar-refractivity contribution in [2.24, 2.45) is 0 Å². The van der Waals surface area contributed by atoms with E-state index in [1.54, 1.807) is 48.5 Å². The second kappa shape index (κ2) is 9.89. The minimum atomic E-state index is -3.88. The Morgan fingerprint density at radius 3 is 2.27 bits per heavy atom. The fourth-order valence-electron chi connectivity index (χ4n) is 2.94. The van der Waals surface area contributed by atoms with E-state index in [2.05, 4.69) is 5.32 Å². The van der Waals surface area contributed by atoms with E-state index in [4.69, 9.17) is 11.6 Å². The molecule has 0 bridgehead atoms. The summed E-state index contributed by atoms with van der Waals surface area (Å²) in [4.78, 5) is 12.7. The molecule has 156 valence electrons. The lowest BCUT2D eigenvalue weighted by atomic mass is 10.2. The largest absolute Gasteiger partial charge is 0.351 e. The highest BCUT2D eigenvalue weighted by molar-refractivity contribution is 7.89. The van der Waals surface area contributed by atoms with Gasteiger partial charge in [-0.05, 0) is 42.3 Å². The summed E-state index contributed by atoms with van der Waals surface area (Å²) in [6, 6.07) is 23.0. The van der Waals surface area contributed by atoms with E-state index in [-0.39, 0.29) is 23.9 Å². The van der Waals surface area contributed by atoms with Gasteiger partial charge >= 0.3 is 0 Å². The lowest BCUT2D eigenvalue weighted by Gasteiger charge is -2.22. The topological polar surface area (TPSA) is 66.5 Å². The quantitative estimate of drug-likeness (QED) is 0.569. The highest BCUT2D eigenvalue weighted by atomic mass is 35.5. The van der Waals surface area contributed by atoms with Crippen molar-refractivity contribution in [3.63, 3.8) is 0 Å². The van der Waals surface area contributed by atoms with Crippen molar-refractivity contribution >= 4 is 27.5 Å². The molecule has 3 aromatic carbocycles. The van der Waals surface area contributed by atoms with Crippen LogP contribution in [0.5, 0.6) is 0 Å². The number of carbonyl (C=O) groups excluding carboxylic acids is 1. The van der Waals surface area contributed by atoms with Gasteiger partial charge in [0.05, 0.1) is 11.4 Å². The Labute approximate surface area is 182 Å². The van der Waals surface area contributed by atoms with Crippen LogP contribution in [0.3, 0.4) is 0 Å². The van der Waals surface area contributed by atoms with Gasteiger partial charge in [-0.1, -0.05) is 71.8 Å². The van der Waals surface area contributed by atoms with Gasteiger partial charge in [0, 0.05) is 18.1 Å². The molecule has 0 spiro atoms. The van der Waals surface area contributed by atoms with Crippen LogP contribution in [0.25, 0.3) is 0 Å². The van der Waals surface area contributed by atoms with Crippen molar-refractivity contribution < 1.29 is 13.2 Å². The number of sulfonamides is 1. The first kappa shape index (κ1) is 22.0. The van der Waals surface area contributed by atoms with E-state index in [0.29, 0.717) is 17.1 Å². The smallest absolute Gasteiger partial charge is 0.243 e. The highest BCUT2D eigenvalue weighted by Gasteiger charge is 2.27. The number of amides is 1. The molecule has 0 saturated carbocycles. The molecule has 0 aliphatic heterocycles. The summed E-state index contributed by atoms with van der Waals surface area (Å²) in [7, 11) is -3.88. The van der Waals surface area contributed by atoms with Gasteiger partial charge in [0.1, 0.15) is 0 Å². The molecule has 0 aliphatic rings. The van der Waals surface area contributed by atoms with Crippen LogP contribution in [0.4, 0.5) is 0 Å². The van der Waals surface area contributed by atoms with Crippen molar-refractivity contribution in [2.45, 2.75) is 24.9 Å². The SMILES string of the molecule is Cc1ccc(S(=O)(=O)N(CC(=O)NCc2ccccc2)Cc2cccc(Cl)c2)cc1. The first-order valence-electron chi connectivity index (χ1n) is 9.46. The summed E-state index contributed by atoms with van der Waals surface area (Å²) >= 11 is 6.05. The maximum absolute atomic E-state index is 13.3. The Morgan fingerprint density at radius 2 is 1.60 bits per heavy atom. The molecular formula is C23H23ClN2O3S. The molecule has 0 aliphatic carbocycles. The van der Waals surface area contributed by atoms with Crippen molar-refractivity contribution in [1.82, 2.24) is 9.62 Å². The number of hydrogen-bond acceptors (Lipinski definition) is 3. The number of halogens is 1. The number of hydrogen-bond donors (Lipinski definition) is 1. The van der Waals surface area contributed by atoms with Gasteiger partial charge in [-0.3, -0.25) is 4.79 Å². The summed E-state index contributed by atoms with van der Waals surface area (Å²) in [6.07, 6.45) is 0. The molecule has 1 N–H and O–H groups in total. The van der Waals surface area contributed by atoms with Crippen LogP contribution in [0, 0.1) is 6.92 Å². The minimum absolute atomic E-state index is 0.0372. The van der Waals surface area contributed by atoms with Crippen LogP contribution < -0.4 is 5.32 Å². The van der Waals surface area contributed by atoms with Gasteiger partial charge < -0.3 is 5.32 Å². The van der Waals surface area contributed by atoms with Crippen LogP contribution in [0.15, 0.2) is 83.8 Å². The predicted molar refractivity (Wildman–Crippen MR) is 119 cm³/mol. The zero-order valence-electron chi connectivity index (χ0n) is 16.6. The molecule has 0 radical (unpaired) electrons. The summed E-state index contributed by atoms with van der Waals surface area (Å²) in [5.41, 5.74) is 2.60. The third kappa shape index (κ3) is 5.92. The number of aryl methyl sites for hydroxylation is 1. The first-order valence-corrected chi connectivity index (χ1v) is 11.3. The Morgan fingerprint density at radius 1 is 0.933 bits per heavy atom. The molecule has 0 aromatic heterocycles. The van der Waals surface area contributed by atoms with Crippen LogP contribution in [0.2, 0.25) is 5.02 Å². The fourth-order valence-corrected chi connectivity index (χ4v) is 4.53. The second-order valence-corrected chi connectivity index (χ2v) is 9.35. The van der Waals surface area contributed by atoms with Crippen LogP contribution >= 0.6 is 11.6 Å². The molecule has 7 heteroatoms. The first-order chi connectivity index (χ1) is 14.3. The molecule has 30 heavy (non-hydrogen) atoms. The van der Waals surface area contributed by atoms with Gasteiger partial charge in [0.15, 0.2) is 0 Å². The Kier molecular flexibility index (Phi) is 7.26. The Balaban J connectivity index is 1.81. The van der Waals surface area contributed by atoms with Gasteiger partial charge in [-0.15, -0.1) is 0 Å². The van der Waals surface area contributed by atoms with Gasteiger partial charge in [0.25, 0.3) is 0 Å². The monoisotopic (exact) mass is 442 g/mol. The van der Waals surface area contributed by atoms with Gasteiger partial charge in [0.2, 0.25) is 15.9 Å². The molecule has 3 aromatic rings. The van der Waals surface area contributed by atoms with E-state index in [1.807, 2.05) is 37.3 Å². The molecule has 3 rings (SSSR count). The zero-order chi connectivity index (χ0) is 21.6. The van der Waals surface area contributed by atoms with Crippen LogP contribution in [-0.4, -0.2) is 25.2 Å². The van der Waals surface area contributed by atoms with E-state index < -0.39 is 10.0 Å². The van der Waals surface area contributed by atoms with Crippen molar-refractivity contribution in [3.8, 4) is 0 Å². The number of nitrogens with one attached hydrogen (secondary N) is 1. The fraction of sp³-hybridized carbons (Fsp3) is 0.174. The highest BCUT2D eigenvalue weighted by Crippen LogP contribution is 2.20. The van der Waals surface area contributed by atoms with Crippen molar-refractivity contribution in [3.05, 3.63) is 101 Å². The molecule has 0 atom stereocenters. The second-order valence-electron chi connectivity index (χ2n) is 6.98. The van der Waals surface area contributed by atoms with Gasteiger partial charge in [-0.25, -0.2) is 8.42 Å². The van der Waals surface area contributed by atoms with Crippen molar-refractivity contribution in [1.29, 1.82) is 0 Å². The summed E-state index contributed by atoms with van der Waals surface area (Å²) in [6.45, 7) is 1.96. The molecule has 5 nitrogen and oxygen atoms in total. The Bertz CT molecular complexity index is 1100. The normalized spacial score (nSPS) is 11.4. The summed E-state index contributed by atoms with van der Waals surface area (Å²) in [5.74, 6) is -0.378. The Hall–Kier alpha value is -2.67. The molecule has 1 amide bonds.